The number of aliphatic hydroxyl groups excluding tert-OH is 1. The zero-order chi connectivity index (χ0) is 25.9. The third kappa shape index (κ3) is 5.55. The second-order valence-electron chi connectivity index (χ2n) is 8.14. The first-order valence-electron chi connectivity index (χ1n) is 10.9. The van der Waals surface area contributed by atoms with Crippen LogP contribution >= 0.6 is 0 Å². The number of halogens is 3. The highest BCUT2D eigenvalue weighted by Crippen LogP contribution is 2.31. The summed E-state index contributed by atoms with van der Waals surface area (Å²) in [6.45, 7) is -0.449. The molecule has 36 heavy (non-hydrogen) atoms. The van der Waals surface area contributed by atoms with Crippen molar-refractivity contribution in [3.8, 4) is 5.75 Å². The summed E-state index contributed by atoms with van der Waals surface area (Å²) in [4.78, 5) is 38.5. The first-order chi connectivity index (χ1) is 17.1. The lowest BCUT2D eigenvalue weighted by molar-refractivity contribution is -0.137. The Labute approximate surface area is 204 Å². The topological polar surface area (TPSA) is 95.9 Å². The number of alkyl halides is 3. The van der Waals surface area contributed by atoms with E-state index in [1.807, 2.05) is 0 Å². The van der Waals surface area contributed by atoms with Gasteiger partial charge in [0.15, 0.2) is 0 Å². The standard InChI is InChI=1S/C26H21F3N2O5/c27-26(28,29)18-4-3-5-20(12-18)36-15-19(32)13-30-23(33)17-10-8-16(9-11-17)14-31-24(34)21-6-1-2-7-22(21)25(31)35/h1-12,19,32H,13-15H2,(H,30,33). The normalized spacial score (nSPS) is 13.9. The van der Waals surface area contributed by atoms with Gasteiger partial charge in [0.1, 0.15) is 18.5 Å². The van der Waals surface area contributed by atoms with E-state index in [0.717, 1.165) is 17.0 Å². The van der Waals surface area contributed by atoms with Crippen molar-refractivity contribution in [2.24, 2.45) is 0 Å². The highest BCUT2D eigenvalue weighted by molar-refractivity contribution is 6.21. The Kier molecular flexibility index (Phi) is 7.07. The van der Waals surface area contributed by atoms with E-state index in [0.29, 0.717) is 16.7 Å². The van der Waals surface area contributed by atoms with E-state index >= 15 is 0 Å². The number of benzene rings is 3. The van der Waals surface area contributed by atoms with E-state index in [1.54, 1.807) is 36.4 Å². The van der Waals surface area contributed by atoms with E-state index in [9.17, 15) is 32.7 Å². The molecule has 0 spiro atoms. The summed E-state index contributed by atoms with van der Waals surface area (Å²) in [6, 6.07) is 17.1. The fraction of sp³-hybridized carbons (Fsp3) is 0.192. The first kappa shape index (κ1) is 24.9. The molecule has 4 rings (SSSR count). The quantitative estimate of drug-likeness (QED) is 0.462. The van der Waals surface area contributed by atoms with Crippen LogP contribution in [0.4, 0.5) is 13.2 Å². The van der Waals surface area contributed by atoms with E-state index in [2.05, 4.69) is 5.32 Å². The largest absolute Gasteiger partial charge is 0.491 e. The van der Waals surface area contributed by atoms with Crippen LogP contribution in [-0.2, 0) is 12.7 Å². The summed E-state index contributed by atoms with van der Waals surface area (Å²) in [5.41, 5.74) is 0.778. The number of carbonyl (C=O) groups is 3. The van der Waals surface area contributed by atoms with E-state index in [4.69, 9.17) is 4.74 Å². The molecule has 0 aliphatic carbocycles. The van der Waals surface area contributed by atoms with Crippen molar-refractivity contribution in [1.29, 1.82) is 0 Å². The predicted molar refractivity (Wildman–Crippen MR) is 122 cm³/mol. The minimum atomic E-state index is -4.51. The maximum atomic E-state index is 12.8. The molecule has 0 radical (unpaired) electrons. The molecule has 3 amide bonds. The van der Waals surface area contributed by atoms with Crippen LogP contribution in [0.2, 0.25) is 0 Å². The number of aliphatic hydroxyl groups is 1. The molecule has 0 aromatic heterocycles. The molecule has 0 fully saturated rings. The molecule has 0 saturated heterocycles. The predicted octanol–water partition coefficient (Wildman–Crippen LogP) is 3.67. The van der Waals surface area contributed by atoms with Gasteiger partial charge in [-0.3, -0.25) is 19.3 Å². The van der Waals surface area contributed by atoms with Gasteiger partial charge < -0.3 is 15.2 Å². The van der Waals surface area contributed by atoms with Gasteiger partial charge in [0, 0.05) is 12.1 Å². The van der Waals surface area contributed by atoms with Crippen LogP contribution < -0.4 is 10.1 Å². The summed E-state index contributed by atoms with van der Waals surface area (Å²) >= 11 is 0. The van der Waals surface area contributed by atoms with Gasteiger partial charge in [0.2, 0.25) is 0 Å². The summed E-state index contributed by atoms with van der Waals surface area (Å²) in [5, 5.41) is 12.6. The van der Waals surface area contributed by atoms with Gasteiger partial charge in [-0.15, -0.1) is 0 Å². The fourth-order valence-corrected chi connectivity index (χ4v) is 3.65. The van der Waals surface area contributed by atoms with Crippen molar-refractivity contribution in [3.05, 3.63) is 101 Å². The molecule has 1 aliphatic rings. The molecule has 2 N–H and O–H groups in total. The number of imide groups is 1. The van der Waals surface area contributed by atoms with Crippen LogP contribution in [0.15, 0.2) is 72.8 Å². The van der Waals surface area contributed by atoms with Crippen LogP contribution in [0.1, 0.15) is 42.2 Å². The van der Waals surface area contributed by atoms with Crippen molar-refractivity contribution < 1.29 is 37.4 Å². The Morgan fingerprint density at radius 1 is 0.944 bits per heavy atom. The van der Waals surface area contributed by atoms with Gasteiger partial charge in [-0.2, -0.15) is 13.2 Å². The first-order valence-corrected chi connectivity index (χ1v) is 10.9. The third-order valence-corrected chi connectivity index (χ3v) is 5.54. The average molecular weight is 498 g/mol. The van der Waals surface area contributed by atoms with Crippen molar-refractivity contribution in [2.45, 2.75) is 18.8 Å². The van der Waals surface area contributed by atoms with Gasteiger partial charge >= 0.3 is 6.18 Å². The van der Waals surface area contributed by atoms with Crippen molar-refractivity contribution in [3.63, 3.8) is 0 Å². The lowest BCUT2D eigenvalue weighted by Crippen LogP contribution is -2.35. The highest BCUT2D eigenvalue weighted by Gasteiger charge is 2.35. The van der Waals surface area contributed by atoms with Crippen LogP contribution in [0.5, 0.6) is 5.75 Å². The van der Waals surface area contributed by atoms with Gasteiger partial charge in [-0.25, -0.2) is 0 Å². The van der Waals surface area contributed by atoms with Crippen molar-refractivity contribution in [1.82, 2.24) is 10.2 Å². The average Bonchev–Trinajstić information content (AvgIpc) is 3.11. The molecule has 7 nitrogen and oxygen atoms in total. The molecule has 1 aliphatic heterocycles. The Morgan fingerprint density at radius 2 is 1.58 bits per heavy atom. The van der Waals surface area contributed by atoms with Gasteiger partial charge in [0.05, 0.1) is 23.2 Å². The van der Waals surface area contributed by atoms with Gasteiger partial charge in [-0.1, -0.05) is 30.3 Å². The third-order valence-electron chi connectivity index (χ3n) is 5.54. The van der Waals surface area contributed by atoms with Crippen LogP contribution in [-0.4, -0.2) is 47.0 Å². The fourth-order valence-electron chi connectivity index (χ4n) is 3.65. The molecule has 186 valence electrons. The van der Waals surface area contributed by atoms with Crippen molar-refractivity contribution >= 4 is 17.7 Å². The van der Waals surface area contributed by atoms with Crippen LogP contribution in [0, 0.1) is 0 Å². The number of hydrogen-bond acceptors (Lipinski definition) is 5. The second-order valence-corrected chi connectivity index (χ2v) is 8.14. The smallest absolute Gasteiger partial charge is 0.416 e. The number of ether oxygens (including phenoxy) is 1. The molecule has 1 atom stereocenters. The van der Waals surface area contributed by atoms with E-state index in [-0.39, 0.29) is 42.8 Å². The van der Waals surface area contributed by atoms with E-state index in [1.165, 1.54) is 24.3 Å². The number of nitrogens with zero attached hydrogens (tertiary/aromatic N) is 1. The maximum absolute atomic E-state index is 12.8. The summed E-state index contributed by atoms with van der Waals surface area (Å²) in [5.74, 6) is -1.29. The van der Waals surface area contributed by atoms with E-state index < -0.39 is 23.8 Å². The number of nitrogens with one attached hydrogen (secondary N) is 1. The Bertz CT molecular complexity index is 1260. The Morgan fingerprint density at radius 3 is 2.19 bits per heavy atom. The minimum absolute atomic E-state index is 0.0520. The molecule has 3 aromatic carbocycles. The van der Waals surface area contributed by atoms with Crippen LogP contribution in [0.3, 0.4) is 0 Å². The van der Waals surface area contributed by atoms with Crippen molar-refractivity contribution in [2.75, 3.05) is 13.2 Å². The molecular formula is C26H21F3N2O5. The van der Waals surface area contributed by atoms with Crippen LogP contribution in [0.25, 0.3) is 0 Å². The Hall–Kier alpha value is -4.18. The number of rotatable bonds is 8. The highest BCUT2D eigenvalue weighted by atomic mass is 19.4. The zero-order valence-corrected chi connectivity index (χ0v) is 18.8. The minimum Gasteiger partial charge on any atom is -0.491 e. The second kappa shape index (κ2) is 10.2. The number of amides is 3. The molecular weight excluding hydrogens is 477 g/mol. The molecule has 0 bridgehead atoms. The lowest BCUT2D eigenvalue weighted by Gasteiger charge is -2.15. The summed E-state index contributed by atoms with van der Waals surface area (Å²) in [7, 11) is 0. The summed E-state index contributed by atoms with van der Waals surface area (Å²) < 4.78 is 43.5. The van der Waals surface area contributed by atoms with Gasteiger partial charge in [0.25, 0.3) is 17.7 Å². The SMILES string of the molecule is O=C(NCC(O)COc1cccc(C(F)(F)F)c1)c1ccc(CN2C(=O)c3ccccc3C2=O)cc1. The number of carbonyl (C=O) groups excluding carboxylic acids is 3. The number of hydrogen-bond donors (Lipinski definition) is 2. The molecule has 10 heteroatoms. The molecule has 1 unspecified atom stereocenters. The van der Waals surface area contributed by atoms with Gasteiger partial charge in [-0.05, 0) is 48.0 Å². The zero-order valence-electron chi connectivity index (χ0n) is 18.8. The lowest BCUT2D eigenvalue weighted by atomic mass is 10.1. The molecule has 0 saturated carbocycles. The molecule has 1 heterocycles. The maximum Gasteiger partial charge on any atom is 0.416 e. The Balaban J connectivity index is 1.27. The summed E-state index contributed by atoms with van der Waals surface area (Å²) in [6.07, 6.45) is -5.66. The molecule has 3 aromatic rings. The monoisotopic (exact) mass is 498 g/mol. The number of fused-ring (bicyclic) bond motifs is 1.